The Morgan fingerprint density at radius 3 is 2.60 bits per heavy atom. The Bertz CT molecular complexity index is 1660. The Morgan fingerprint density at radius 1 is 1.02 bits per heavy atom. The lowest BCUT2D eigenvalue weighted by Gasteiger charge is -2.35. The fourth-order valence-corrected chi connectivity index (χ4v) is 6.24. The van der Waals surface area contributed by atoms with Gasteiger partial charge in [-0.2, -0.15) is 5.10 Å². The number of fused-ring (bicyclic) bond motifs is 2. The average molecular weight is 539 g/mol. The summed E-state index contributed by atoms with van der Waals surface area (Å²) in [7, 11) is 0. The maximum atomic E-state index is 15.4. The number of primary amides is 1. The molecule has 1 unspecified atom stereocenters. The molecule has 4 heterocycles. The van der Waals surface area contributed by atoms with Gasteiger partial charge in [-0.25, -0.2) is 13.9 Å². The number of hydrogen-bond acceptors (Lipinski definition) is 5. The minimum atomic E-state index is -0.395. The SMILES string of the molecule is C[C@@H]1c2ccccc2CCN1C(=O)c1cc(C2CC2)n2nc(-c3ccc(N4CCC(C(N)=O)C4)cc3F)cc2n1. The topological polar surface area (TPSA) is 96.8 Å². The van der Waals surface area contributed by atoms with Crippen molar-refractivity contribution in [2.75, 3.05) is 24.5 Å². The Balaban J connectivity index is 1.21. The van der Waals surface area contributed by atoms with Crippen molar-refractivity contribution >= 4 is 23.1 Å². The third-order valence-electron chi connectivity index (χ3n) is 8.71. The molecule has 1 aliphatic carbocycles. The average Bonchev–Trinajstić information content (AvgIpc) is 3.51. The van der Waals surface area contributed by atoms with Crippen LogP contribution in [0.3, 0.4) is 0 Å². The number of carbonyl (C=O) groups excluding carboxylic acids is 2. The first-order valence-electron chi connectivity index (χ1n) is 14.0. The molecule has 4 aromatic rings. The van der Waals surface area contributed by atoms with Gasteiger partial charge in [-0.1, -0.05) is 24.3 Å². The second-order valence-corrected chi connectivity index (χ2v) is 11.3. The number of nitrogens with two attached hydrogens (primary N) is 1. The maximum absolute atomic E-state index is 15.4. The first-order chi connectivity index (χ1) is 19.4. The lowest BCUT2D eigenvalue weighted by Crippen LogP contribution is -2.39. The minimum absolute atomic E-state index is 0.0400. The van der Waals surface area contributed by atoms with Gasteiger partial charge in [0, 0.05) is 48.6 Å². The number of hydrogen-bond donors (Lipinski definition) is 1. The molecule has 8 nitrogen and oxygen atoms in total. The van der Waals surface area contributed by atoms with Crippen molar-refractivity contribution in [3.8, 4) is 11.3 Å². The monoisotopic (exact) mass is 538 g/mol. The zero-order chi connectivity index (χ0) is 27.5. The molecule has 3 aliphatic rings. The summed E-state index contributed by atoms with van der Waals surface area (Å²) < 4.78 is 17.2. The van der Waals surface area contributed by atoms with Crippen LogP contribution in [0.15, 0.2) is 54.6 Å². The van der Waals surface area contributed by atoms with E-state index in [9.17, 15) is 9.59 Å². The normalized spacial score (nSPS) is 20.6. The second kappa shape index (κ2) is 9.43. The summed E-state index contributed by atoms with van der Waals surface area (Å²) in [4.78, 5) is 33.9. The molecule has 2 amide bonds. The van der Waals surface area contributed by atoms with Gasteiger partial charge in [0.1, 0.15) is 11.5 Å². The number of anilines is 1. The number of amides is 2. The highest BCUT2D eigenvalue weighted by atomic mass is 19.1. The van der Waals surface area contributed by atoms with E-state index in [2.05, 4.69) is 19.1 Å². The fourth-order valence-electron chi connectivity index (χ4n) is 6.24. The van der Waals surface area contributed by atoms with E-state index in [4.69, 9.17) is 15.8 Å². The molecule has 2 aromatic heterocycles. The van der Waals surface area contributed by atoms with Crippen LogP contribution in [0.1, 0.15) is 65.5 Å². The van der Waals surface area contributed by atoms with Crippen LogP contribution in [0.2, 0.25) is 0 Å². The van der Waals surface area contributed by atoms with E-state index < -0.39 is 5.82 Å². The third-order valence-corrected chi connectivity index (χ3v) is 8.71. The third kappa shape index (κ3) is 4.20. The van der Waals surface area contributed by atoms with Crippen molar-refractivity contribution in [2.45, 2.75) is 44.6 Å². The summed E-state index contributed by atoms with van der Waals surface area (Å²) >= 11 is 0. The number of halogens is 1. The fraction of sp³-hybridized carbons (Fsp3) is 0.355. The largest absolute Gasteiger partial charge is 0.371 e. The van der Waals surface area contributed by atoms with Gasteiger partial charge in [-0.3, -0.25) is 9.59 Å². The van der Waals surface area contributed by atoms with Gasteiger partial charge in [-0.05, 0) is 68.0 Å². The molecular weight excluding hydrogens is 507 g/mol. The summed E-state index contributed by atoms with van der Waals surface area (Å²) in [6.07, 6.45) is 3.54. The number of carbonyl (C=O) groups is 2. The quantitative estimate of drug-likeness (QED) is 0.404. The highest BCUT2D eigenvalue weighted by Gasteiger charge is 2.33. The van der Waals surface area contributed by atoms with Crippen LogP contribution in [0.25, 0.3) is 16.9 Å². The van der Waals surface area contributed by atoms with E-state index in [0.717, 1.165) is 30.6 Å². The van der Waals surface area contributed by atoms with Gasteiger partial charge in [0.15, 0.2) is 5.65 Å². The summed E-state index contributed by atoms with van der Waals surface area (Å²) in [5.41, 5.74) is 11.4. The summed E-state index contributed by atoms with van der Waals surface area (Å²) in [6.45, 7) is 3.86. The highest BCUT2D eigenvalue weighted by molar-refractivity contribution is 5.93. The molecule has 2 aliphatic heterocycles. The van der Waals surface area contributed by atoms with E-state index in [-0.39, 0.29) is 23.8 Å². The van der Waals surface area contributed by atoms with E-state index in [1.165, 1.54) is 17.2 Å². The number of benzene rings is 2. The van der Waals surface area contributed by atoms with Crippen molar-refractivity contribution in [3.63, 3.8) is 0 Å². The van der Waals surface area contributed by atoms with E-state index in [0.29, 0.717) is 54.6 Å². The molecule has 0 radical (unpaired) electrons. The zero-order valence-electron chi connectivity index (χ0n) is 22.4. The Kier molecular flexibility index (Phi) is 5.83. The first-order valence-corrected chi connectivity index (χ1v) is 14.0. The lowest BCUT2D eigenvalue weighted by atomic mass is 9.93. The van der Waals surface area contributed by atoms with Crippen molar-refractivity contribution in [2.24, 2.45) is 11.7 Å². The molecule has 40 heavy (non-hydrogen) atoms. The van der Waals surface area contributed by atoms with Gasteiger partial charge in [0.2, 0.25) is 5.91 Å². The predicted octanol–water partition coefficient (Wildman–Crippen LogP) is 4.48. The summed E-state index contributed by atoms with van der Waals surface area (Å²) in [5, 5.41) is 4.74. The van der Waals surface area contributed by atoms with Crippen LogP contribution in [0.5, 0.6) is 0 Å². The molecule has 2 aromatic carbocycles. The maximum Gasteiger partial charge on any atom is 0.273 e. The van der Waals surface area contributed by atoms with Gasteiger partial charge in [-0.15, -0.1) is 0 Å². The molecule has 9 heteroatoms. The smallest absolute Gasteiger partial charge is 0.273 e. The molecule has 0 bridgehead atoms. The van der Waals surface area contributed by atoms with Crippen LogP contribution < -0.4 is 10.6 Å². The Hall–Kier alpha value is -4.27. The van der Waals surface area contributed by atoms with Crippen LogP contribution >= 0.6 is 0 Å². The number of nitrogens with zero attached hydrogens (tertiary/aromatic N) is 5. The molecular formula is C31H31FN6O2. The van der Waals surface area contributed by atoms with Crippen LogP contribution in [-0.2, 0) is 11.2 Å². The summed E-state index contributed by atoms with van der Waals surface area (Å²) in [6, 6.07) is 16.9. The molecule has 1 saturated heterocycles. The Labute approximate surface area is 231 Å². The van der Waals surface area contributed by atoms with Crippen molar-refractivity contribution < 1.29 is 14.0 Å². The first kappa shape index (κ1) is 24.7. The molecule has 2 atom stereocenters. The van der Waals surface area contributed by atoms with Crippen LogP contribution in [0.4, 0.5) is 10.1 Å². The summed E-state index contributed by atoms with van der Waals surface area (Å²) in [5.74, 6) is -0.712. The number of aromatic nitrogens is 3. The van der Waals surface area contributed by atoms with E-state index >= 15 is 4.39 Å². The standard InChI is InChI=1S/C31H31FN6O2/c1-18-23-5-3-2-4-19(23)11-13-37(18)31(40)27-15-28(20-6-7-20)38-29(34-27)16-26(35-38)24-9-8-22(14-25(24)32)36-12-10-21(17-36)30(33)39/h2-5,8-9,14-16,18,20-21H,6-7,10-13,17H2,1H3,(H2,33,39)/t18-,21?/m1/s1. The molecule has 204 valence electrons. The van der Waals surface area contributed by atoms with Crippen LogP contribution in [0, 0.1) is 11.7 Å². The van der Waals surface area contributed by atoms with Crippen molar-refractivity contribution in [3.05, 3.63) is 82.9 Å². The van der Waals surface area contributed by atoms with Gasteiger partial charge < -0.3 is 15.5 Å². The van der Waals surface area contributed by atoms with Gasteiger partial charge in [0.25, 0.3) is 5.91 Å². The van der Waals surface area contributed by atoms with Gasteiger partial charge >= 0.3 is 0 Å². The van der Waals surface area contributed by atoms with E-state index in [1.807, 2.05) is 34.1 Å². The van der Waals surface area contributed by atoms with Crippen molar-refractivity contribution in [1.82, 2.24) is 19.5 Å². The lowest BCUT2D eigenvalue weighted by molar-refractivity contribution is -0.121. The van der Waals surface area contributed by atoms with Crippen LogP contribution in [-0.4, -0.2) is 50.9 Å². The molecule has 0 spiro atoms. The van der Waals surface area contributed by atoms with Gasteiger partial charge in [0.05, 0.1) is 17.7 Å². The number of rotatable bonds is 5. The van der Waals surface area contributed by atoms with E-state index in [1.54, 1.807) is 16.6 Å². The Morgan fingerprint density at radius 2 is 1.85 bits per heavy atom. The molecule has 7 rings (SSSR count). The minimum Gasteiger partial charge on any atom is -0.371 e. The molecule has 2 fully saturated rings. The molecule has 2 N–H and O–H groups in total. The molecule has 1 saturated carbocycles. The second-order valence-electron chi connectivity index (χ2n) is 11.3. The predicted molar refractivity (Wildman–Crippen MR) is 149 cm³/mol. The highest BCUT2D eigenvalue weighted by Crippen LogP contribution is 2.41. The van der Waals surface area contributed by atoms with Crippen molar-refractivity contribution in [1.29, 1.82) is 0 Å². The zero-order valence-corrected chi connectivity index (χ0v) is 22.4.